The molecule has 1 N–H and O–H groups in total. The van der Waals surface area contributed by atoms with Gasteiger partial charge >= 0.3 is 0 Å². The monoisotopic (exact) mass is 314 g/mol. The largest absolute Gasteiger partial charge is 0.381 e. The van der Waals surface area contributed by atoms with E-state index in [1.807, 2.05) is 6.92 Å². The highest BCUT2D eigenvalue weighted by atomic mass is 32.2. The summed E-state index contributed by atoms with van der Waals surface area (Å²) in [7, 11) is -1.93. The minimum absolute atomic E-state index is 0.124. The third kappa shape index (κ3) is 4.12. The summed E-state index contributed by atoms with van der Waals surface area (Å²) in [6.07, 6.45) is 4.49. The summed E-state index contributed by atoms with van der Waals surface area (Å²) in [6, 6.07) is 0. The zero-order chi connectivity index (χ0) is 15.3. The lowest BCUT2D eigenvalue weighted by Gasteiger charge is -2.26. The minimum Gasteiger partial charge on any atom is -0.381 e. The van der Waals surface area contributed by atoms with Gasteiger partial charge in [-0.05, 0) is 25.7 Å². The Balaban J connectivity index is 2.05. The summed E-state index contributed by atoms with van der Waals surface area (Å²) in [6.45, 7) is 4.53. The van der Waals surface area contributed by atoms with E-state index in [4.69, 9.17) is 4.74 Å². The van der Waals surface area contributed by atoms with E-state index in [1.54, 1.807) is 7.05 Å². The SMILES string of the molecule is CCNc1ncc(S(=O)(=O)N(C)CC2CCOCC2)cn1. The maximum Gasteiger partial charge on any atom is 0.245 e. The molecule has 1 fully saturated rings. The fourth-order valence-electron chi connectivity index (χ4n) is 2.27. The van der Waals surface area contributed by atoms with E-state index in [-0.39, 0.29) is 4.90 Å². The van der Waals surface area contributed by atoms with Gasteiger partial charge in [0.25, 0.3) is 0 Å². The molecule has 0 unspecified atom stereocenters. The predicted molar refractivity (Wildman–Crippen MR) is 79.6 cm³/mol. The number of ether oxygens (including phenoxy) is 1. The lowest BCUT2D eigenvalue weighted by molar-refractivity contribution is 0.0620. The molecule has 1 aliphatic heterocycles. The second kappa shape index (κ2) is 7.15. The summed E-state index contributed by atoms with van der Waals surface area (Å²) in [5.74, 6) is 0.781. The smallest absolute Gasteiger partial charge is 0.245 e. The van der Waals surface area contributed by atoms with Crippen molar-refractivity contribution in [2.45, 2.75) is 24.7 Å². The molecule has 0 atom stereocenters. The second-order valence-electron chi connectivity index (χ2n) is 5.11. The summed E-state index contributed by atoms with van der Waals surface area (Å²) in [5.41, 5.74) is 0. The number of aromatic nitrogens is 2. The molecule has 0 spiro atoms. The molecule has 1 saturated heterocycles. The van der Waals surface area contributed by atoms with Crippen LogP contribution in [-0.4, -0.2) is 56.0 Å². The molecule has 2 rings (SSSR count). The highest BCUT2D eigenvalue weighted by Crippen LogP contribution is 2.20. The van der Waals surface area contributed by atoms with Crippen molar-refractivity contribution in [2.75, 3.05) is 38.7 Å². The number of rotatable bonds is 6. The minimum atomic E-state index is -3.53. The van der Waals surface area contributed by atoms with Crippen LogP contribution >= 0.6 is 0 Å². The molecule has 7 nitrogen and oxygen atoms in total. The number of nitrogens with one attached hydrogen (secondary N) is 1. The van der Waals surface area contributed by atoms with Gasteiger partial charge in [0.05, 0.1) is 12.4 Å². The van der Waals surface area contributed by atoms with E-state index in [9.17, 15) is 8.42 Å². The van der Waals surface area contributed by atoms with Gasteiger partial charge in [-0.15, -0.1) is 0 Å². The van der Waals surface area contributed by atoms with Crippen molar-refractivity contribution in [1.29, 1.82) is 0 Å². The summed E-state index contributed by atoms with van der Waals surface area (Å²) in [4.78, 5) is 8.16. The predicted octanol–water partition coefficient (Wildman–Crippen LogP) is 0.955. The van der Waals surface area contributed by atoms with Gasteiger partial charge in [-0.25, -0.2) is 22.7 Å². The van der Waals surface area contributed by atoms with Crippen LogP contribution in [-0.2, 0) is 14.8 Å². The normalized spacial score (nSPS) is 17.1. The van der Waals surface area contributed by atoms with E-state index in [0.29, 0.717) is 38.2 Å². The molecule has 21 heavy (non-hydrogen) atoms. The molecule has 0 bridgehead atoms. The highest BCUT2D eigenvalue weighted by molar-refractivity contribution is 7.89. The molecule has 1 aliphatic rings. The zero-order valence-electron chi connectivity index (χ0n) is 12.4. The van der Waals surface area contributed by atoms with Crippen molar-refractivity contribution in [3.63, 3.8) is 0 Å². The van der Waals surface area contributed by atoms with Gasteiger partial charge in [0.1, 0.15) is 4.90 Å². The van der Waals surface area contributed by atoms with Crippen LogP contribution in [0.1, 0.15) is 19.8 Å². The van der Waals surface area contributed by atoms with E-state index in [2.05, 4.69) is 15.3 Å². The first-order valence-electron chi connectivity index (χ1n) is 7.14. The highest BCUT2D eigenvalue weighted by Gasteiger charge is 2.25. The van der Waals surface area contributed by atoms with Gasteiger partial charge in [-0.2, -0.15) is 0 Å². The van der Waals surface area contributed by atoms with E-state index >= 15 is 0 Å². The van der Waals surface area contributed by atoms with Crippen LogP contribution in [0.15, 0.2) is 17.3 Å². The van der Waals surface area contributed by atoms with E-state index < -0.39 is 10.0 Å². The Hall–Kier alpha value is -1.25. The van der Waals surface area contributed by atoms with Gasteiger partial charge in [0.2, 0.25) is 16.0 Å². The maximum atomic E-state index is 12.5. The first-order chi connectivity index (χ1) is 10.0. The quantitative estimate of drug-likeness (QED) is 0.842. The lowest BCUT2D eigenvalue weighted by Crippen LogP contribution is -2.34. The van der Waals surface area contributed by atoms with E-state index in [0.717, 1.165) is 12.8 Å². The van der Waals surface area contributed by atoms with Crippen molar-refractivity contribution in [3.05, 3.63) is 12.4 Å². The third-order valence-corrected chi connectivity index (χ3v) is 5.30. The molecule has 118 valence electrons. The number of anilines is 1. The Kier molecular flexibility index (Phi) is 5.49. The van der Waals surface area contributed by atoms with Crippen LogP contribution in [0.25, 0.3) is 0 Å². The lowest BCUT2D eigenvalue weighted by atomic mass is 10.0. The van der Waals surface area contributed by atoms with Gasteiger partial charge in [-0.1, -0.05) is 0 Å². The van der Waals surface area contributed by atoms with Crippen molar-refractivity contribution in [3.8, 4) is 0 Å². The Morgan fingerprint density at radius 2 is 1.95 bits per heavy atom. The fraction of sp³-hybridized carbons (Fsp3) is 0.692. The molecular weight excluding hydrogens is 292 g/mol. The number of hydrogen-bond donors (Lipinski definition) is 1. The molecule has 1 aromatic heterocycles. The van der Waals surface area contributed by atoms with E-state index in [1.165, 1.54) is 16.7 Å². The van der Waals surface area contributed by atoms with Crippen LogP contribution in [0.3, 0.4) is 0 Å². The molecular formula is C13H22N4O3S. The Morgan fingerprint density at radius 1 is 1.33 bits per heavy atom. The molecule has 2 heterocycles. The number of nitrogens with zero attached hydrogens (tertiary/aromatic N) is 3. The summed E-state index contributed by atoms with van der Waals surface area (Å²) < 4.78 is 31.6. The van der Waals surface area contributed by atoms with Gasteiger partial charge in [0.15, 0.2) is 0 Å². The van der Waals surface area contributed by atoms with Gasteiger partial charge < -0.3 is 10.1 Å². The molecule has 0 aliphatic carbocycles. The van der Waals surface area contributed by atoms with Crippen LogP contribution in [0.2, 0.25) is 0 Å². The van der Waals surface area contributed by atoms with Crippen molar-refractivity contribution >= 4 is 16.0 Å². The average Bonchev–Trinajstić information content (AvgIpc) is 2.49. The molecule has 0 radical (unpaired) electrons. The van der Waals surface area contributed by atoms with Crippen LogP contribution in [0.5, 0.6) is 0 Å². The Morgan fingerprint density at radius 3 is 2.52 bits per heavy atom. The fourth-order valence-corrected chi connectivity index (χ4v) is 3.41. The van der Waals surface area contributed by atoms with Crippen molar-refractivity contribution in [1.82, 2.24) is 14.3 Å². The van der Waals surface area contributed by atoms with Gasteiger partial charge in [-0.3, -0.25) is 0 Å². The van der Waals surface area contributed by atoms with Crippen molar-refractivity contribution < 1.29 is 13.2 Å². The zero-order valence-corrected chi connectivity index (χ0v) is 13.3. The first-order valence-corrected chi connectivity index (χ1v) is 8.58. The third-order valence-electron chi connectivity index (χ3n) is 3.53. The summed E-state index contributed by atoms with van der Waals surface area (Å²) in [5, 5.41) is 2.94. The van der Waals surface area contributed by atoms with Gasteiger partial charge in [0, 0.05) is 33.4 Å². The Bertz CT molecular complexity index is 541. The number of sulfonamides is 1. The number of hydrogen-bond acceptors (Lipinski definition) is 6. The van der Waals surface area contributed by atoms with Crippen LogP contribution < -0.4 is 5.32 Å². The molecule has 1 aromatic rings. The molecule has 8 heteroatoms. The van der Waals surface area contributed by atoms with Crippen molar-refractivity contribution in [2.24, 2.45) is 5.92 Å². The molecule has 0 saturated carbocycles. The standard InChI is InChI=1S/C13H22N4O3S/c1-3-14-13-15-8-12(9-16-13)21(18,19)17(2)10-11-4-6-20-7-5-11/h8-9,11H,3-7,10H2,1-2H3,(H,14,15,16). The Labute approximate surface area is 125 Å². The second-order valence-corrected chi connectivity index (χ2v) is 7.16. The molecule has 0 aromatic carbocycles. The average molecular weight is 314 g/mol. The topological polar surface area (TPSA) is 84.4 Å². The van der Waals surface area contributed by atoms with Crippen LogP contribution in [0, 0.1) is 5.92 Å². The first kappa shape index (κ1) is 16.1. The van der Waals surface area contributed by atoms with Crippen LogP contribution in [0.4, 0.5) is 5.95 Å². The molecule has 0 amide bonds. The summed E-state index contributed by atoms with van der Waals surface area (Å²) >= 11 is 0. The maximum absolute atomic E-state index is 12.5.